The standard InChI is InChI=1S/C5H14N2O4S/c1-5(9,4-8)3-7-12(10,11)6-2/h6-9H,3-4H2,1-2H3. The monoisotopic (exact) mass is 198 g/mol. The summed E-state index contributed by atoms with van der Waals surface area (Å²) in [6, 6.07) is 0. The lowest BCUT2D eigenvalue weighted by Crippen LogP contribution is -2.46. The molecule has 0 saturated carbocycles. The van der Waals surface area contributed by atoms with Gasteiger partial charge in [0.15, 0.2) is 0 Å². The Hall–Kier alpha value is -0.210. The summed E-state index contributed by atoms with van der Waals surface area (Å²) in [5.41, 5.74) is -1.43. The fourth-order valence-electron chi connectivity index (χ4n) is 0.379. The van der Waals surface area contributed by atoms with Crippen LogP contribution < -0.4 is 9.44 Å². The van der Waals surface area contributed by atoms with Crippen molar-refractivity contribution in [1.82, 2.24) is 9.44 Å². The minimum atomic E-state index is -3.53. The maximum atomic E-state index is 10.7. The van der Waals surface area contributed by atoms with Gasteiger partial charge in [-0.2, -0.15) is 13.1 Å². The molecule has 0 aromatic heterocycles. The normalized spacial score (nSPS) is 17.3. The Bertz CT molecular complexity index is 224. The largest absolute Gasteiger partial charge is 0.393 e. The van der Waals surface area contributed by atoms with Crippen molar-refractivity contribution in [2.75, 3.05) is 20.2 Å². The van der Waals surface area contributed by atoms with Crippen molar-refractivity contribution in [3.8, 4) is 0 Å². The maximum absolute atomic E-state index is 10.7. The summed E-state index contributed by atoms with van der Waals surface area (Å²) < 4.78 is 25.6. The number of hydrogen-bond acceptors (Lipinski definition) is 4. The second-order valence-electron chi connectivity index (χ2n) is 2.68. The Kier molecular flexibility index (Phi) is 4.08. The molecule has 0 amide bonds. The van der Waals surface area contributed by atoms with Gasteiger partial charge in [0.1, 0.15) is 0 Å². The van der Waals surface area contributed by atoms with Crippen LogP contribution in [0.4, 0.5) is 0 Å². The molecule has 0 aromatic rings. The quantitative estimate of drug-likeness (QED) is 0.402. The van der Waals surface area contributed by atoms with Crippen molar-refractivity contribution >= 4 is 10.2 Å². The number of aliphatic hydroxyl groups is 2. The zero-order valence-electron chi connectivity index (χ0n) is 7.03. The molecule has 0 aromatic carbocycles. The fraction of sp³-hybridized carbons (Fsp3) is 1.00. The molecule has 4 N–H and O–H groups in total. The van der Waals surface area contributed by atoms with E-state index in [1.165, 1.54) is 14.0 Å². The molecule has 0 saturated heterocycles. The smallest absolute Gasteiger partial charge is 0.276 e. The van der Waals surface area contributed by atoms with Crippen molar-refractivity contribution in [1.29, 1.82) is 0 Å². The summed E-state index contributed by atoms with van der Waals surface area (Å²) in [6.07, 6.45) is 0. The van der Waals surface area contributed by atoms with E-state index >= 15 is 0 Å². The van der Waals surface area contributed by atoms with Gasteiger partial charge in [0.05, 0.1) is 12.2 Å². The third kappa shape index (κ3) is 4.62. The fourth-order valence-corrected chi connectivity index (χ4v) is 1.02. The van der Waals surface area contributed by atoms with Gasteiger partial charge in [0.25, 0.3) is 10.2 Å². The predicted molar refractivity (Wildman–Crippen MR) is 43.7 cm³/mol. The Morgan fingerprint density at radius 3 is 2.33 bits per heavy atom. The highest BCUT2D eigenvalue weighted by molar-refractivity contribution is 7.87. The van der Waals surface area contributed by atoms with Gasteiger partial charge in [-0.25, -0.2) is 4.72 Å². The summed E-state index contributed by atoms with van der Waals surface area (Å²) in [5.74, 6) is 0. The van der Waals surface area contributed by atoms with Gasteiger partial charge >= 0.3 is 0 Å². The molecule has 7 heteroatoms. The average Bonchev–Trinajstić information content (AvgIpc) is 2.02. The molecule has 0 aliphatic rings. The van der Waals surface area contributed by atoms with Crippen LogP contribution >= 0.6 is 0 Å². The molecule has 0 fully saturated rings. The van der Waals surface area contributed by atoms with Crippen LogP contribution in [0.5, 0.6) is 0 Å². The van der Waals surface area contributed by atoms with Crippen LogP contribution in [-0.4, -0.2) is 44.4 Å². The first-order valence-corrected chi connectivity index (χ1v) is 4.83. The van der Waals surface area contributed by atoms with E-state index < -0.39 is 22.4 Å². The van der Waals surface area contributed by atoms with Gasteiger partial charge < -0.3 is 10.2 Å². The summed E-state index contributed by atoms with van der Waals surface area (Å²) in [7, 11) is -2.29. The van der Waals surface area contributed by atoms with Gasteiger partial charge in [-0.1, -0.05) is 0 Å². The highest BCUT2D eigenvalue weighted by Crippen LogP contribution is 1.98. The summed E-state index contributed by atoms with van der Waals surface area (Å²) in [5, 5.41) is 17.7. The van der Waals surface area contributed by atoms with Gasteiger partial charge in [-0.15, -0.1) is 0 Å². The van der Waals surface area contributed by atoms with Crippen LogP contribution in [0.15, 0.2) is 0 Å². The van der Waals surface area contributed by atoms with Crippen molar-refractivity contribution in [2.45, 2.75) is 12.5 Å². The molecule has 0 bridgehead atoms. The first kappa shape index (κ1) is 11.8. The van der Waals surface area contributed by atoms with Crippen molar-refractivity contribution < 1.29 is 18.6 Å². The molecule has 12 heavy (non-hydrogen) atoms. The molecule has 0 radical (unpaired) electrons. The molecule has 0 aliphatic carbocycles. The second kappa shape index (κ2) is 4.15. The van der Waals surface area contributed by atoms with E-state index in [1.54, 1.807) is 0 Å². The topological polar surface area (TPSA) is 98.7 Å². The lowest BCUT2D eigenvalue weighted by molar-refractivity contribution is 0.00676. The van der Waals surface area contributed by atoms with Gasteiger partial charge in [-0.05, 0) is 6.92 Å². The molecule has 0 spiro atoms. The van der Waals surface area contributed by atoms with E-state index in [-0.39, 0.29) is 6.54 Å². The van der Waals surface area contributed by atoms with E-state index in [9.17, 15) is 13.5 Å². The zero-order chi connectivity index (χ0) is 9.83. The maximum Gasteiger partial charge on any atom is 0.276 e. The molecule has 0 heterocycles. The van der Waals surface area contributed by atoms with Gasteiger partial charge in [-0.3, -0.25) is 0 Å². The van der Waals surface area contributed by atoms with Gasteiger partial charge in [0.2, 0.25) is 0 Å². The number of nitrogens with one attached hydrogen (secondary N) is 2. The molecule has 6 nitrogen and oxygen atoms in total. The SMILES string of the molecule is CNS(=O)(=O)NCC(C)(O)CO. The van der Waals surface area contributed by atoms with Crippen molar-refractivity contribution in [3.63, 3.8) is 0 Å². The highest BCUT2D eigenvalue weighted by Gasteiger charge is 2.21. The van der Waals surface area contributed by atoms with E-state index in [0.29, 0.717) is 0 Å². The number of aliphatic hydroxyl groups excluding tert-OH is 1. The van der Waals surface area contributed by atoms with Crippen molar-refractivity contribution in [2.24, 2.45) is 0 Å². The first-order chi connectivity index (χ1) is 5.33. The average molecular weight is 198 g/mol. The van der Waals surface area contributed by atoms with Crippen LogP contribution in [0.2, 0.25) is 0 Å². The highest BCUT2D eigenvalue weighted by atomic mass is 32.2. The summed E-state index contributed by atoms with van der Waals surface area (Å²) in [6.45, 7) is 0.594. The minimum Gasteiger partial charge on any atom is -0.393 e. The van der Waals surface area contributed by atoms with Crippen LogP contribution in [0.1, 0.15) is 6.92 Å². The molecule has 0 rings (SSSR count). The molecular formula is C5H14N2O4S. The molecular weight excluding hydrogens is 184 g/mol. The molecule has 74 valence electrons. The number of hydrogen-bond donors (Lipinski definition) is 4. The third-order valence-electron chi connectivity index (χ3n) is 1.25. The summed E-state index contributed by atoms with van der Waals surface area (Å²) >= 11 is 0. The molecule has 1 unspecified atom stereocenters. The lowest BCUT2D eigenvalue weighted by Gasteiger charge is -2.20. The minimum absolute atomic E-state index is 0.229. The van der Waals surface area contributed by atoms with Crippen LogP contribution in [0, 0.1) is 0 Å². The Balaban J connectivity index is 4.00. The van der Waals surface area contributed by atoms with Crippen LogP contribution in [0.3, 0.4) is 0 Å². The van der Waals surface area contributed by atoms with E-state index in [0.717, 1.165) is 0 Å². The van der Waals surface area contributed by atoms with Crippen LogP contribution in [0.25, 0.3) is 0 Å². The second-order valence-corrected chi connectivity index (χ2v) is 4.39. The Morgan fingerprint density at radius 2 is 2.00 bits per heavy atom. The Labute approximate surface area is 71.8 Å². The first-order valence-electron chi connectivity index (χ1n) is 3.34. The van der Waals surface area contributed by atoms with E-state index in [2.05, 4.69) is 4.72 Å². The lowest BCUT2D eigenvalue weighted by atomic mass is 10.1. The number of rotatable bonds is 5. The molecule has 1 atom stereocenters. The van der Waals surface area contributed by atoms with E-state index in [1.807, 2.05) is 4.72 Å². The van der Waals surface area contributed by atoms with Crippen molar-refractivity contribution in [3.05, 3.63) is 0 Å². The van der Waals surface area contributed by atoms with Gasteiger partial charge in [0, 0.05) is 13.6 Å². The zero-order valence-corrected chi connectivity index (χ0v) is 7.85. The van der Waals surface area contributed by atoms with Crippen LogP contribution in [-0.2, 0) is 10.2 Å². The molecule has 0 aliphatic heterocycles. The third-order valence-corrected chi connectivity index (χ3v) is 2.31. The summed E-state index contributed by atoms with van der Waals surface area (Å²) in [4.78, 5) is 0. The predicted octanol–water partition coefficient (Wildman–Crippen LogP) is -2.22. The van der Waals surface area contributed by atoms with E-state index in [4.69, 9.17) is 5.11 Å². The Morgan fingerprint density at radius 1 is 1.50 bits per heavy atom.